The van der Waals surface area contributed by atoms with Crippen LogP contribution in [-0.4, -0.2) is 27.4 Å². The van der Waals surface area contributed by atoms with Gasteiger partial charge in [0.2, 0.25) is 10.1 Å². The first-order valence-corrected chi connectivity index (χ1v) is 5.99. The molecule has 0 aliphatic rings. The van der Waals surface area contributed by atoms with Crippen LogP contribution in [0.4, 0.5) is 18.3 Å². The molecular weight excluding hydrogens is 255 g/mol. The summed E-state index contributed by atoms with van der Waals surface area (Å²) in [7, 11) is 0. The van der Waals surface area contributed by atoms with E-state index in [-0.39, 0.29) is 11.7 Å². The smallest absolute Gasteiger partial charge is 0.388 e. The van der Waals surface area contributed by atoms with E-state index >= 15 is 0 Å². The molecule has 0 saturated carbocycles. The lowest BCUT2D eigenvalue weighted by atomic mass is 9.98. The molecule has 0 fully saturated rings. The number of aliphatic hydroxyl groups is 1. The monoisotopic (exact) mass is 269 g/mol. The van der Waals surface area contributed by atoms with Crippen molar-refractivity contribution >= 4 is 16.5 Å². The van der Waals surface area contributed by atoms with Gasteiger partial charge in [0, 0.05) is 6.54 Å². The van der Waals surface area contributed by atoms with E-state index in [0.29, 0.717) is 24.2 Å². The molecule has 17 heavy (non-hydrogen) atoms. The zero-order valence-corrected chi connectivity index (χ0v) is 10.3. The molecule has 8 heteroatoms. The van der Waals surface area contributed by atoms with Gasteiger partial charge in [0.15, 0.2) is 0 Å². The first kappa shape index (κ1) is 14.2. The number of hydrogen-bond acceptors (Lipinski definition) is 5. The summed E-state index contributed by atoms with van der Waals surface area (Å²) in [6.07, 6.45) is -3.44. The first-order chi connectivity index (χ1) is 7.80. The highest BCUT2D eigenvalue weighted by atomic mass is 32.1. The minimum Gasteiger partial charge on any atom is -0.388 e. The van der Waals surface area contributed by atoms with Crippen LogP contribution in [0, 0.1) is 0 Å². The van der Waals surface area contributed by atoms with E-state index in [1.54, 1.807) is 0 Å². The van der Waals surface area contributed by atoms with Crippen molar-refractivity contribution in [2.75, 3.05) is 11.9 Å². The van der Waals surface area contributed by atoms with Crippen LogP contribution in [0.5, 0.6) is 0 Å². The molecule has 0 unspecified atom stereocenters. The fraction of sp³-hybridized carbons (Fsp3) is 0.778. The molecule has 0 aliphatic carbocycles. The van der Waals surface area contributed by atoms with E-state index in [9.17, 15) is 18.3 Å². The molecule has 0 bridgehead atoms. The average molecular weight is 269 g/mol. The lowest BCUT2D eigenvalue weighted by Crippen LogP contribution is -2.35. The maximum atomic E-state index is 12.2. The Balaban J connectivity index is 2.62. The maximum Gasteiger partial charge on any atom is 0.445 e. The van der Waals surface area contributed by atoms with Gasteiger partial charge in [0.1, 0.15) is 0 Å². The highest BCUT2D eigenvalue weighted by Crippen LogP contribution is 2.33. The Morgan fingerprint density at radius 2 is 1.82 bits per heavy atom. The molecule has 98 valence electrons. The molecule has 2 N–H and O–H groups in total. The standard InChI is InChI=1S/C9H14F3N3OS/c1-3-8(16,4-2)5-13-7-15-14-6(17-7)9(10,11)12/h16H,3-5H2,1-2H3,(H,13,15). The third-order valence-corrected chi connectivity index (χ3v) is 3.48. The number of anilines is 1. The summed E-state index contributed by atoms with van der Waals surface area (Å²) in [6.45, 7) is 3.78. The lowest BCUT2D eigenvalue weighted by molar-refractivity contribution is -0.138. The van der Waals surface area contributed by atoms with Gasteiger partial charge in [0.25, 0.3) is 0 Å². The fourth-order valence-corrected chi connectivity index (χ4v) is 1.76. The van der Waals surface area contributed by atoms with Gasteiger partial charge in [-0.3, -0.25) is 0 Å². The van der Waals surface area contributed by atoms with Gasteiger partial charge in [-0.25, -0.2) is 0 Å². The Morgan fingerprint density at radius 1 is 1.24 bits per heavy atom. The molecule has 0 amide bonds. The van der Waals surface area contributed by atoms with Crippen LogP contribution in [-0.2, 0) is 6.18 Å². The van der Waals surface area contributed by atoms with Crippen molar-refractivity contribution in [3.05, 3.63) is 5.01 Å². The number of alkyl halides is 3. The van der Waals surface area contributed by atoms with Crippen LogP contribution in [0.3, 0.4) is 0 Å². The largest absolute Gasteiger partial charge is 0.445 e. The summed E-state index contributed by atoms with van der Waals surface area (Å²) < 4.78 is 36.7. The average Bonchev–Trinajstić information content (AvgIpc) is 2.74. The summed E-state index contributed by atoms with van der Waals surface area (Å²) >= 11 is 0.432. The summed E-state index contributed by atoms with van der Waals surface area (Å²) in [5.41, 5.74) is -0.927. The van der Waals surface area contributed by atoms with E-state index in [2.05, 4.69) is 15.5 Å². The van der Waals surface area contributed by atoms with Crippen molar-refractivity contribution in [2.24, 2.45) is 0 Å². The summed E-state index contributed by atoms with van der Waals surface area (Å²) in [4.78, 5) is 0. The van der Waals surface area contributed by atoms with Crippen LogP contribution >= 0.6 is 11.3 Å². The van der Waals surface area contributed by atoms with Crippen molar-refractivity contribution in [3.8, 4) is 0 Å². The Morgan fingerprint density at radius 3 is 2.24 bits per heavy atom. The first-order valence-electron chi connectivity index (χ1n) is 5.17. The number of nitrogens with zero attached hydrogens (tertiary/aromatic N) is 2. The second-order valence-corrected chi connectivity index (χ2v) is 4.67. The van der Waals surface area contributed by atoms with Gasteiger partial charge < -0.3 is 10.4 Å². The predicted molar refractivity (Wildman–Crippen MR) is 58.9 cm³/mol. The van der Waals surface area contributed by atoms with E-state index < -0.39 is 16.8 Å². The topological polar surface area (TPSA) is 58.0 Å². The molecule has 0 atom stereocenters. The molecule has 1 aromatic rings. The van der Waals surface area contributed by atoms with Crippen molar-refractivity contribution in [2.45, 2.75) is 38.5 Å². The molecule has 0 radical (unpaired) electrons. The Kier molecular flexibility index (Phi) is 4.31. The van der Waals surface area contributed by atoms with Crippen molar-refractivity contribution < 1.29 is 18.3 Å². The van der Waals surface area contributed by atoms with Crippen LogP contribution in [0.1, 0.15) is 31.7 Å². The molecule has 0 saturated heterocycles. The Bertz CT molecular complexity index is 363. The molecule has 4 nitrogen and oxygen atoms in total. The highest BCUT2D eigenvalue weighted by molar-refractivity contribution is 7.15. The van der Waals surface area contributed by atoms with Crippen LogP contribution in [0.2, 0.25) is 0 Å². The van der Waals surface area contributed by atoms with E-state index in [4.69, 9.17) is 0 Å². The number of aromatic nitrogens is 2. The Labute approximate surface area is 101 Å². The van der Waals surface area contributed by atoms with Crippen molar-refractivity contribution in [3.63, 3.8) is 0 Å². The van der Waals surface area contributed by atoms with Gasteiger partial charge >= 0.3 is 6.18 Å². The molecule has 1 heterocycles. The molecular formula is C9H14F3N3OS. The van der Waals surface area contributed by atoms with Crippen molar-refractivity contribution in [1.82, 2.24) is 10.2 Å². The predicted octanol–water partition coefficient (Wildman–Crippen LogP) is 2.52. The number of hydrogen-bond donors (Lipinski definition) is 2. The summed E-state index contributed by atoms with van der Waals surface area (Å²) in [6, 6.07) is 0. The van der Waals surface area contributed by atoms with Gasteiger partial charge in [-0.05, 0) is 12.8 Å². The second-order valence-electron chi connectivity index (χ2n) is 3.70. The fourth-order valence-electron chi connectivity index (χ4n) is 1.15. The normalized spacial score (nSPS) is 12.8. The van der Waals surface area contributed by atoms with Crippen LogP contribution in [0.15, 0.2) is 0 Å². The van der Waals surface area contributed by atoms with Gasteiger partial charge in [-0.15, -0.1) is 10.2 Å². The zero-order valence-electron chi connectivity index (χ0n) is 9.51. The minimum absolute atomic E-state index is 0.0673. The number of rotatable bonds is 5. The second kappa shape index (κ2) is 5.18. The molecule has 0 spiro atoms. The molecule has 0 aromatic carbocycles. The third-order valence-electron chi connectivity index (χ3n) is 2.55. The Hall–Kier alpha value is -0.890. The summed E-state index contributed by atoms with van der Waals surface area (Å²) in [5, 5.41) is 18.1. The van der Waals surface area contributed by atoms with E-state index in [0.717, 1.165) is 0 Å². The van der Waals surface area contributed by atoms with Gasteiger partial charge in [-0.2, -0.15) is 13.2 Å². The highest BCUT2D eigenvalue weighted by Gasteiger charge is 2.35. The van der Waals surface area contributed by atoms with Gasteiger partial charge in [-0.1, -0.05) is 25.2 Å². The number of halogens is 3. The maximum absolute atomic E-state index is 12.2. The lowest BCUT2D eigenvalue weighted by Gasteiger charge is -2.24. The van der Waals surface area contributed by atoms with E-state index in [1.807, 2.05) is 13.8 Å². The van der Waals surface area contributed by atoms with Crippen LogP contribution in [0.25, 0.3) is 0 Å². The SMILES string of the molecule is CCC(O)(CC)CNc1nnc(C(F)(F)F)s1. The van der Waals surface area contributed by atoms with Crippen molar-refractivity contribution in [1.29, 1.82) is 0 Å². The van der Waals surface area contributed by atoms with E-state index in [1.165, 1.54) is 0 Å². The third kappa shape index (κ3) is 3.81. The minimum atomic E-state index is -4.47. The summed E-state index contributed by atoms with van der Waals surface area (Å²) in [5.74, 6) is 0. The van der Waals surface area contributed by atoms with Crippen LogP contribution < -0.4 is 5.32 Å². The van der Waals surface area contributed by atoms with Gasteiger partial charge in [0.05, 0.1) is 5.60 Å². The number of nitrogens with one attached hydrogen (secondary N) is 1. The quantitative estimate of drug-likeness (QED) is 0.862. The molecule has 0 aliphatic heterocycles. The molecule has 1 aromatic heterocycles. The molecule has 1 rings (SSSR count). The zero-order chi connectivity index (χ0) is 13.1.